The van der Waals surface area contributed by atoms with Crippen LogP contribution < -0.4 is 5.73 Å². The zero-order valence-electron chi connectivity index (χ0n) is 13.0. The summed E-state index contributed by atoms with van der Waals surface area (Å²) >= 11 is 0. The van der Waals surface area contributed by atoms with Gasteiger partial charge in [0.15, 0.2) is 0 Å². The molecule has 4 rings (SSSR count). The van der Waals surface area contributed by atoms with Gasteiger partial charge in [-0.3, -0.25) is 4.90 Å². The van der Waals surface area contributed by atoms with Crippen LogP contribution in [-0.2, 0) is 19.4 Å². The third-order valence-electron chi connectivity index (χ3n) is 5.09. The number of rotatable bonds is 2. The van der Waals surface area contributed by atoms with Crippen molar-refractivity contribution in [2.45, 2.75) is 44.7 Å². The molecule has 2 heterocycles. The summed E-state index contributed by atoms with van der Waals surface area (Å²) in [7, 11) is 0. The Morgan fingerprint density at radius 3 is 2.95 bits per heavy atom. The second-order valence-electron chi connectivity index (χ2n) is 6.45. The summed E-state index contributed by atoms with van der Waals surface area (Å²) in [6.07, 6.45) is 5.13. The summed E-state index contributed by atoms with van der Waals surface area (Å²) in [5, 5.41) is 0. The summed E-state index contributed by atoms with van der Waals surface area (Å²) < 4.78 is 0. The average molecular weight is 294 g/mol. The number of fused-ring (bicyclic) bond motifs is 4. The Labute approximate surface area is 131 Å². The van der Waals surface area contributed by atoms with E-state index in [0.717, 1.165) is 31.6 Å². The largest absolute Gasteiger partial charge is 0.368 e. The van der Waals surface area contributed by atoms with E-state index in [2.05, 4.69) is 46.1 Å². The SMILES string of the molecule is CCCN1Cc2ccccc2[C@@H]2Cc3nc(N)ncc3C[C@H]21. The van der Waals surface area contributed by atoms with Crippen molar-refractivity contribution in [3.8, 4) is 0 Å². The summed E-state index contributed by atoms with van der Waals surface area (Å²) in [5.41, 5.74) is 11.2. The summed E-state index contributed by atoms with van der Waals surface area (Å²) in [4.78, 5) is 11.3. The van der Waals surface area contributed by atoms with Crippen LogP contribution in [-0.4, -0.2) is 27.5 Å². The van der Waals surface area contributed by atoms with E-state index in [-0.39, 0.29) is 0 Å². The van der Waals surface area contributed by atoms with Crippen molar-refractivity contribution in [1.82, 2.24) is 14.9 Å². The van der Waals surface area contributed by atoms with E-state index in [1.807, 2.05) is 6.20 Å². The molecule has 0 saturated carbocycles. The highest BCUT2D eigenvalue weighted by atomic mass is 15.2. The van der Waals surface area contributed by atoms with E-state index in [0.29, 0.717) is 17.9 Å². The first kappa shape index (κ1) is 13.7. The van der Waals surface area contributed by atoms with E-state index in [4.69, 9.17) is 5.73 Å². The number of nitrogens with zero attached hydrogens (tertiary/aromatic N) is 3. The minimum Gasteiger partial charge on any atom is -0.368 e. The number of anilines is 1. The number of hydrogen-bond acceptors (Lipinski definition) is 4. The van der Waals surface area contributed by atoms with Crippen molar-refractivity contribution < 1.29 is 0 Å². The minimum atomic E-state index is 0.395. The van der Waals surface area contributed by atoms with Gasteiger partial charge in [-0.2, -0.15) is 0 Å². The average Bonchev–Trinajstić information content (AvgIpc) is 2.54. The fraction of sp³-hybridized carbons (Fsp3) is 0.444. The molecule has 22 heavy (non-hydrogen) atoms. The standard InChI is InChI=1S/C18H22N4/c1-2-7-22-11-12-5-3-4-6-14(12)15-9-16-13(8-17(15)22)10-20-18(19)21-16/h3-6,10,15,17H,2,7-9,11H2,1H3,(H2,19,20,21)/t15-,17+/m0/s1. The molecule has 0 saturated heterocycles. The third-order valence-corrected chi connectivity index (χ3v) is 5.09. The Morgan fingerprint density at radius 1 is 1.23 bits per heavy atom. The van der Waals surface area contributed by atoms with Gasteiger partial charge in [0.05, 0.1) is 0 Å². The smallest absolute Gasteiger partial charge is 0.220 e. The van der Waals surface area contributed by atoms with E-state index in [1.165, 1.54) is 23.1 Å². The summed E-state index contributed by atoms with van der Waals surface area (Å²) in [6.45, 7) is 4.48. The van der Waals surface area contributed by atoms with E-state index in [9.17, 15) is 0 Å². The van der Waals surface area contributed by atoms with Gasteiger partial charge < -0.3 is 5.73 Å². The Morgan fingerprint density at radius 2 is 2.09 bits per heavy atom. The molecule has 0 bridgehead atoms. The van der Waals surface area contributed by atoms with E-state index >= 15 is 0 Å². The molecule has 0 spiro atoms. The van der Waals surface area contributed by atoms with Crippen LogP contribution in [0.5, 0.6) is 0 Å². The third kappa shape index (κ3) is 2.18. The molecular weight excluding hydrogens is 272 g/mol. The van der Waals surface area contributed by atoms with Crippen molar-refractivity contribution in [1.29, 1.82) is 0 Å². The van der Waals surface area contributed by atoms with Crippen LogP contribution in [0.1, 0.15) is 41.6 Å². The van der Waals surface area contributed by atoms with Crippen molar-refractivity contribution in [2.24, 2.45) is 0 Å². The van der Waals surface area contributed by atoms with Gasteiger partial charge >= 0.3 is 0 Å². The van der Waals surface area contributed by atoms with E-state index < -0.39 is 0 Å². The quantitative estimate of drug-likeness (QED) is 0.925. The maximum atomic E-state index is 5.79. The van der Waals surface area contributed by atoms with Gasteiger partial charge in [0.1, 0.15) is 0 Å². The monoisotopic (exact) mass is 294 g/mol. The van der Waals surface area contributed by atoms with Crippen LogP contribution >= 0.6 is 0 Å². The van der Waals surface area contributed by atoms with Crippen molar-refractivity contribution in [2.75, 3.05) is 12.3 Å². The van der Waals surface area contributed by atoms with Crippen LogP contribution in [0.3, 0.4) is 0 Å². The lowest BCUT2D eigenvalue weighted by Gasteiger charge is -2.45. The Balaban J connectivity index is 1.78. The highest BCUT2D eigenvalue weighted by molar-refractivity contribution is 5.40. The molecule has 4 nitrogen and oxygen atoms in total. The zero-order chi connectivity index (χ0) is 15.1. The lowest BCUT2D eigenvalue weighted by Crippen LogP contribution is -2.47. The molecule has 1 aromatic carbocycles. The van der Waals surface area contributed by atoms with Gasteiger partial charge in [-0.15, -0.1) is 0 Å². The molecule has 1 aromatic heterocycles. The van der Waals surface area contributed by atoms with Crippen LogP contribution in [0.15, 0.2) is 30.5 Å². The van der Waals surface area contributed by atoms with Gasteiger partial charge in [0, 0.05) is 30.4 Å². The molecule has 1 aliphatic carbocycles. The molecule has 2 N–H and O–H groups in total. The fourth-order valence-corrected chi connectivity index (χ4v) is 4.13. The molecule has 1 aliphatic heterocycles. The van der Waals surface area contributed by atoms with E-state index in [1.54, 1.807) is 0 Å². The maximum absolute atomic E-state index is 5.79. The van der Waals surface area contributed by atoms with Crippen LogP contribution in [0, 0.1) is 0 Å². The fourth-order valence-electron chi connectivity index (χ4n) is 4.13. The molecule has 2 atom stereocenters. The molecule has 0 fully saturated rings. The van der Waals surface area contributed by atoms with Gasteiger partial charge in [-0.25, -0.2) is 9.97 Å². The molecule has 114 valence electrons. The molecule has 2 aliphatic rings. The minimum absolute atomic E-state index is 0.395. The number of nitrogen functional groups attached to an aromatic ring is 1. The predicted octanol–water partition coefficient (Wildman–Crippen LogP) is 2.54. The first-order valence-corrected chi connectivity index (χ1v) is 8.18. The summed E-state index contributed by atoms with van der Waals surface area (Å²) in [5.74, 6) is 0.921. The normalized spacial score (nSPS) is 23.5. The lowest BCUT2D eigenvalue weighted by molar-refractivity contribution is 0.135. The molecule has 0 radical (unpaired) electrons. The highest BCUT2D eigenvalue weighted by Crippen LogP contribution is 2.40. The first-order valence-electron chi connectivity index (χ1n) is 8.18. The predicted molar refractivity (Wildman–Crippen MR) is 87.5 cm³/mol. The molecule has 0 amide bonds. The second-order valence-corrected chi connectivity index (χ2v) is 6.45. The van der Waals surface area contributed by atoms with Crippen molar-refractivity contribution >= 4 is 5.95 Å². The molecular formula is C18H22N4. The number of hydrogen-bond donors (Lipinski definition) is 1. The summed E-state index contributed by atoms with van der Waals surface area (Å²) in [6, 6.07) is 9.45. The van der Waals surface area contributed by atoms with Gasteiger partial charge in [-0.1, -0.05) is 31.2 Å². The number of benzene rings is 1. The number of nitrogens with two attached hydrogens (primary N) is 1. The van der Waals surface area contributed by atoms with Gasteiger partial charge in [0.2, 0.25) is 5.95 Å². The Hall–Kier alpha value is -1.94. The lowest BCUT2D eigenvalue weighted by atomic mass is 9.74. The van der Waals surface area contributed by atoms with Gasteiger partial charge in [0.25, 0.3) is 0 Å². The maximum Gasteiger partial charge on any atom is 0.220 e. The Bertz CT molecular complexity index is 697. The molecule has 2 aromatic rings. The van der Waals surface area contributed by atoms with Crippen molar-refractivity contribution in [3.05, 3.63) is 52.8 Å². The first-order chi connectivity index (χ1) is 10.8. The van der Waals surface area contributed by atoms with Crippen LogP contribution in [0.4, 0.5) is 5.95 Å². The van der Waals surface area contributed by atoms with Crippen LogP contribution in [0.2, 0.25) is 0 Å². The second kappa shape index (κ2) is 5.36. The van der Waals surface area contributed by atoms with Gasteiger partial charge in [-0.05, 0) is 42.5 Å². The molecule has 0 unspecified atom stereocenters. The topological polar surface area (TPSA) is 55.0 Å². The zero-order valence-corrected chi connectivity index (χ0v) is 13.0. The highest BCUT2D eigenvalue weighted by Gasteiger charge is 2.38. The Kier molecular flexibility index (Phi) is 3.34. The van der Waals surface area contributed by atoms with Crippen molar-refractivity contribution in [3.63, 3.8) is 0 Å². The number of aromatic nitrogens is 2. The van der Waals surface area contributed by atoms with Crippen LogP contribution in [0.25, 0.3) is 0 Å². The molecule has 4 heteroatoms.